The minimum Gasteiger partial charge on any atom is -0.382 e. The molecule has 2 unspecified atom stereocenters. The van der Waals surface area contributed by atoms with Crippen LogP contribution < -0.4 is 16.6 Å². The van der Waals surface area contributed by atoms with Crippen LogP contribution in [0.2, 0.25) is 0 Å². The molecule has 0 aromatic heterocycles. The number of hydrogen-bond donors (Lipinski definition) is 3. The molecule has 2 atom stereocenters. The molecular formula is C12H26N4O. The van der Waals surface area contributed by atoms with E-state index in [1.54, 1.807) is 0 Å². The van der Waals surface area contributed by atoms with Crippen molar-refractivity contribution in [3.05, 3.63) is 0 Å². The maximum atomic E-state index is 5.43. The van der Waals surface area contributed by atoms with E-state index in [-0.39, 0.29) is 0 Å². The Morgan fingerprint density at radius 1 is 1.47 bits per heavy atom. The van der Waals surface area contributed by atoms with Gasteiger partial charge < -0.3 is 10.1 Å². The lowest BCUT2D eigenvalue weighted by Crippen LogP contribution is -2.43. The molecule has 4 N–H and O–H groups in total. The van der Waals surface area contributed by atoms with E-state index >= 15 is 0 Å². The van der Waals surface area contributed by atoms with Crippen molar-refractivity contribution in [1.82, 2.24) is 10.7 Å². The molecule has 0 bridgehead atoms. The van der Waals surface area contributed by atoms with Crippen LogP contribution >= 0.6 is 0 Å². The number of nitrogens with one attached hydrogen (secondary N) is 2. The zero-order valence-corrected chi connectivity index (χ0v) is 11.0. The molecule has 1 aliphatic carbocycles. The van der Waals surface area contributed by atoms with Gasteiger partial charge in [-0.05, 0) is 32.1 Å². The van der Waals surface area contributed by atoms with E-state index in [0.29, 0.717) is 12.0 Å². The smallest absolute Gasteiger partial charge is 0.205 e. The maximum absolute atomic E-state index is 5.43. The monoisotopic (exact) mass is 242 g/mol. The van der Waals surface area contributed by atoms with E-state index in [9.17, 15) is 0 Å². The highest BCUT2D eigenvalue weighted by Gasteiger charge is 2.36. The number of hydrazine groups is 1. The Labute approximate surface area is 104 Å². The first kappa shape index (κ1) is 14.3. The highest BCUT2D eigenvalue weighted by molar-refractivity contribution is 5.79. The third-order valence-corrected chi connectivity index (χ3v) is 2.96. The van der Waals surface area contributed by atoms with Crippen molar-refractivity contribution < 1.29 is 4.74 Å². The van der Waals surface area contributed by atoms with Gasteiger partial charge in [0.15, 0.2) is 0 Å². The van der Waals surface area contributed by atoms with Crippen LogP contribution in [0.4, 0.5) is 0 Å². The van der Waals surface area contributed by atoms with Gasteiger partial charge in [0, 0.05) is 25.8 Å². The van der Waals surface area contributed by atoms with Crippen LogP contribution in [0.3, 0.4) is 0 Å². The molecule has 0 heterocycles. The number of nitrogens with zero attached hydrogens (tertiary/aromatic N) is 1. The molecule has 0 aliphatic heterocycles. The molecule has 0 aromatic rings. The Bertz CT molecular complexity index is 233. The number of hydrogen-bond acceptors (Lipinski definition) is 3. The molecule has 0 amide bonds. The second-order valence-electron chi connectivity index (χ2n) is 4.46. The van der Waals surface area contributed by atoms with E-state index in [4.69, 9.17) is 10.6 Å². The molecule has 1 saturated carbocycles. The highest BCUT2D eigenvalue weighted by atomic mass is 16.5. The molecule has 100 valence electrons. The van der Waals surface area contributed by atoms with Gasteiger partial charge in [-0.1, -0.05) is 13.3 Å². The second-order valence-corrected chi connectivity index (χ2v) is 4.46. The summed E-state index contributed by atoms with van der Waals surface area (Å²) in [7, 11) is 0. The average Bonchev–Trinajstić information content (AvgIpc) is 3.06. The van der Waals surface area contributed by atoms with Crippen LogP contribution in [-0.4, -0.2) is 31.8 Å². The van der Waals surface area contributed by atoms with Gasteiger partial charge in [-0.2, -0.15) is 0 Å². The fraction of sp³-hybridized carbons (Fsp3) is 0.917. The summed E-state index contributed by atoms with van der Waals surface area (Å²) in [5.74, 6) is 6.96. The summed E-state index contributed by atoms with van der Waals surface area (Å²) < 4.78 is 5.25. The Kier molecular flexibility index (Phi) is 6.96. The quantitative estimate of drug-likeness (QED) is 0.195. The summed E-state index contributed by atoms with van der Waals surface area (Å²) in [6.07, 6.45) is 4.72. The molecule has 17 heavy (non-hydrogen) atoms. The Morgan fingerprint density at radius 3 is 2.94 bits per heavy atom. The summed E-state index contributed by atoms with van der Waals surface area (Å²) in [6, 6.07) is 0.566. The number of aliphatic imine (C=N–C) groups is 1. The van der Waals surface area contributed by atoms with Crippen LogP contribution in [0.15, 0.2) is 4.99 Å². The SMILES string of the molecule is CCCC1CC1NC(=NCCCOCC)NN. The van der Waals surface area contributed by atoms with Crippen molar-refractivity contribution in [3.8, 4) is 0 Å². The fourth-order valence-electron chi connectivity index (χ4n) is 1.92. The van der Waals surface area contributed by atoms with E-state index in [2.05, 4.69) is 22.7 Å². The van der Waals surface area contributed by atoms with E-state index < -0.39 is 0 Å². The van der Waals surface area contributed by atoms with E-state index in [0.717, 1.165) is 32.1 Å². The lowest BCUT2D eigenvalue weighted by molar-refractivity contribution is 0.146. The van der Waals surface area contributed by atoms with Gasteiger partial charge in [0.2, 0.25) is 5.96 Å². The van der Waals surface area contributed by atoms with Crippen LogP contribution in [-0.2, 0) is 4.74 Å². The Morgan fingerprint density at radius 2 is 2.29 bits per heavy atom. The van der Waals surface area contributed by atoms with Crippen LogP contribution in [0.5, 0.6) is 0 Å². The number of ether oxygens (including phenoxy) is 1. The summed E-state index contributed by atoms with van der Waals surface area (Å²) in [5.41, 5.74) is 2.63. The first-order chi connectivity index (χ1) is 8.31. The van der Waals surface area contributed by atoms with Crippen molar-refractivity contribution in [2.75, 3.05) is 19.8 Å². The van der Waals surface area contributed by atoms with Crippen molar-refractivity contribution in [2.24, 2.45) is 16.8 Å². The van der Waals surface area contributed by atoms with Gasteiger partial charge in [-0.25, -0.2) is 5.84 Å². The molecule has 0 radical (unpaired) electrons. The first-order valence-corrected chi connectivity index (χ1v) is 6.67. The predicted molar refractivity (Wildman–Crippen MR) is 70.7 cm³/mol. The molecule has 1 rings (SSSR count). The predicted octanol–water partition coefficient (Wildman–Crippen LogP) is 1.01. The molecule has 1 aliphatic rings. The van der Waals surface area contributed by atoms with Crippen molar-refractivity contribution in [2.45, 2.75) is 45.6 Å². The second kappa shape index (κ2) is 8.31. The molecule has 0 aromatic carbocycles. The topological polar surface area (TPSA) is 71.7 Å². The minimum absolute atomic E-state index is 0.566. The van der Waals surface area contributed by atoms with E-state index in [1.807, 2.05) is 6.92 Å². The minimum atomic E-state index is 0.566. The average molecular weight is 242 g/mol. The molecule has 0 spiro atoms. The summed E-state index contributed by atoms with van der Waals surface area (Å²) in [5, 5.41) is 3.34. The van der Waals surface area contributed by atoms with Gasteiger partial charge >= 0.3 is 0 Å². The molecule has 5 nitrogen and oxygen atoms in total. The van der Waals surface area contributed by atoms with Gasteiger partial charge in [-0.15, -0.1) is 0 Å². The lowest BCUT2D eigenvalue weighted by Gasteiger charge is -2.08. The molecule has 1 fully saturated rings. The first-order valence-electron chi connectivity index (χ1n) is 6.67. The highest BCUT2D eigenvalue weighted by Crippen LogP contribution is 2.34. The summed E-state index contributed by atoms with van der Waals surface area (Å²) in [4.78, 5) is 4.38. The lowest BCUT2D eigenvalue weighted by atomic mass is 10.2. The van der Waals surface area contributed by atoms with Gasteiger partial charge in [0.05, 0.1) is 0 Å². The zero-order chi connectivity index (χ0) is 12.5. The largest absolute Gasteiger partial charge is 0.382 e. The van der Waals surface area contributed by atoms with Crippen LogP contribution in [0.25, 0.3) is 0 Å². The third-order valence-electron chi connectivity index (χ3n) is 2.96. The third kappa shape index (κ3) is 5.89. The Hall–Kier alpha value is -0.810. The van der Waals surface area contributed by atoms with Gasteiger partial charge in [0.1, 0.15) is 0 Å². The summed E-state index contributed by atoms with van der Waals surface area (Å²) in [6.45, 7) is 6.50. The van der Waals surface area contributed by atoms with Gasteiger partial charge in [0.25, 0.3) is 0 Å². The maximum Gasteiger partial charge on any atom is 0.205 e. The van der Waals surface area contributed by atoms with Gasteiger partial charge in [-0.3, -0.25) is 10.4 Å². The Balaban J connectivity index is 2.13. The number of nitrogens with two attached hydrogens (primary N) is 1. The molecular weight excluding hydrogens is 216 g/mol. The number of rotatable bonds is 8. The number of guanidine groups is 1. The zero-order valence-electron chi connectivity index (χ0n) is 11.0. The molecule has 5 heteroatoms. The van der Waals surface area contributed by atoms with Crippen molar-refractivity contribution >= 4 is 5.96 Å². The standard InChI is InChI=1S/C12H26N4O/c1-3-6-10-9-11(10)15-12(16-13)14-7-5-8-17-4-2/h10-11H,3-9,13H2,1-2H3,(H2,14,15,16). The normalized spacial score (nSPS) is 23.6. The van der Waals surface area contributed by atoms with E-state index in [1.165, 1.54) is 19.3 Å². The van der Waals surface area contributed by atoms with Crippen molar-refractivity contribution in [1.29, 1.82) is 0 Å². The van der Waals surface area contributed by atoms with Crippen LogP contribution in [0, 0.1) is 5.92 Å². The van der Waals surface area contributed by atoms with Crippen molar-refractivity contribution in [3.63, 3.8) is 0 Å². The summed E-state index contributed by atoms with van der Waals surface area (Å²) >= 11 is 0. The van der Waals surface area contributed by atoms with Crippen LogP contribution in [0.1, 0.15) is 39.5 Å². The fourth-order valence-corrected chi connectivity index (χ4v) is 1.92. The molecule has 0 saturated heterocycles.